The monoisotopic (exact) mass is 442 g/mol. The first kappa shape index (κ1) is 20.2. The lowest BCUT2D eigenvalue weighted by atomic mass is 10.1. The van der Waals surface area contributed by atoms with Crippen molar-refractivity contribution < 1.29 is 23.8 Å². The number of likely N-dealkylation sites (N-methyl/N-ethyl adjacent to an activating group) is 1. The molecule has 0 spiro atoms. The number of hydrogen-bond donors (Lipinski definition) is 0. The van der Waals surface area contributed by atoms with Crippen molar-refractivity contribution >= 4 is 51.2 Å². The molecule has 1 aliphatic rings. The van der Waals surface area contributed by atoms with Crippen LogP contribution in [-0.2, 0) is 14.3 Å². The molecule has 0 bridgehead atoms. The molecule has 1 aromatic rings. The molecule has 1 amide bonds. The lowest BCUT2D eigenvalue weighted by Gasteiger charge is -2.17. The maximum Gasteiger partial charge on any atom is 0.325 e. The van der Waals surface area contributed by atoms with Gasteiger partial charge in [0.2, 0.25) is 0 Å². The Hall–Kier alpha value is -2.13. The molecule has 0 unspecified atom stereocenters. The van der Waals surface area contributed by atoms with Crippen LogP contribution in [0, 0.1) is 0 Å². The number of rotatable bonds is 6. The number of carbonyl (C=O) groups excluding carboxylic acids is 2. The quantitative estimate of drug-likeness (QED) is 0.380. The molecular weight excluding hydrogens is 424 g/mol. The van der Waals surface area contributed by atoms with E-state index in [0.29, 0.717) is 28.1 Å². The van der Waals surface area contributed by atoms with Crippen LogP contribution in [-0.4, -0.2) is 61.2 Å². The standard InChI is InChI=1S/C17H19BrN2O5S/c1-5-25-14-8-11(18)10(7-13(14)23-3)6-12-16(22)19(2)17(26)20(12)9-15(21)24-4/h6-8H,5,9H2,1-4H3/b12-6-. The molecule has 2 rings (SSSR count). The summed E-state index contributed by atoms with van der Waals surface area (Å²) in [5.41, 5.74) is 0.955. The molecule has 1 aromatic carbocycles. The van der Waals surface area contributed by atoms with Crippen molar-refractivity contribution in [2.24, 2.45) is 0 Å². The van der Waals surface area contributed by atoms with Gasteiger partial charge in [0.15, 0.2) is 16.6 Å². The molecule has 0 atom stereocenters. The third kappa shape index (κ3) is 3.99. The van der Waals surface area contributed by atoms with Crippen LogP contribution < -0.4 is 9.47 Å². The normalized spacial score (nSPS) is 15.7. The highest BCUT2D eigenvalue weighted by Crippen LogP contribution is 2.35. The lowest BCUT2D eigenvalue weighted by Crippen LogP contribution is -2.33. The predicted molar refractivity (Wildman–Crippen MR) is 104 cm³/mol. The SMILES string of the molecule is CCOc1cc(Br)c(/C=C2/C(=O)N(C)C(=S)N2CC(=O)OC)cc1OC. The van der Waals surface area contributed by atoms with E-state index in [1.807, 2.05) is 6.92 Å². The third-order valence-electron chi connectivity index (χ3n) is 3.72. The molecule has 1 saturated heterocycles. The summed E-state index contributed by atoms with van der Waals surface area (Å²) in [7, 11) is 4.38. The summed E-state index contributed by atoms with van der Waals surface area (Å²) in [5.74, 6) is 0.312. The van der Waals surface area contributed by atoms with E-state index in [1.54, 1.807) is 25.3 Å². The molecule has 0 aromatic heterocycles. The molecule has 0 radical (unpaired) electrons. The Bertz CT molecular complexity index is 781. The molecule has 1 aliphatic heterocycles. The summed E-state index contributed by atoms with van der Waals surface area (Å²) in [6.45, 7) is 2.22. The van der Waals surface area contributed by atoms with Gasteiger partial charge < -0.3 is 19.1 Å². The summed E-state index contributed by atoms with van der Waals surface area (Å²) in [6, 6.07) is 3.51. The molecular formula is C17H19BrN2O5S. The van der Waals surface area contributed by atoms with Crippen LogP contribution >= 0.6 is 28.1 Å². The van der Waals surface area contributed by atoms with Crippen molar-refractivity contribution in [3.63, 3.8) is 0 Å². The molecule has 1 heterocycles. The van der Waals surface area contributed by atoms with Crippen molar-refractivity contribution in [2.75, 3.05) is 34.4 Å². The zero-order chi connectivity index (χ0) is 19.4. The van der Waals surface area contributed by atoms with Crippen LogP contribution in [0.4, 0.5) is 0 Å². The van der Waals surface area contributed by atoms with Gasteiger partial charge in [-0.1, -0.05) is 15.9 Å². The van der Waals surface area contributed by atoms with Gasteiger partial charge in [-0.3, -0.25) is 14.5 Å². The van der Waals surface area contributed by atoms with Crippen LogP contribution in [0.5, 0.6) is 11.5 Å². The Kier molecular flexibility index (Phi) is 6.60. The summed E-state index contributed by atoms with van der Waals surface area (Å²) >= 11 is 8.74. The van der Waals surface area contributed by atoms with E-state index in [4.69, 9.17) is 21.7 Å². The van der Waals surface area contributed by atoms with E-state index >= 15 is 0 Å². The van der Waals surface area contributed by atoms with Gasteiger partial charge in [-0.2, -0.15) is 0 Å². The molecule has 0 aliphatic carbocycles. The second kappa shape index (κ2) is 8.50. The fraction of sp³-hybridized carbons (Fsp3) is 0.353. The van der Waals surface area contributed by atoms with Gasteiger partial charge in [0, 0.05) is 11.5 Å². The summed E-state index contributed by atoms with van der Waals surface area (Å²) in [5, 5.41) is 0.237. The number of esters is 1. The fourth-order valence-corrected chi connectivity index (χ4v) is 3.06. The molecule has 140 valence electrons. The molecule has 7 nitrogen and oxygen atoms in total. The van der Waals surface area contributed by atoms with Crippen molar-refractivity contribution in [3.05, 3.63) is 27.9 Å². The lowest BCUT2D eigenvalue weighted by molar-refractivity contribution is -0.140. The number of carbonyl (C=O) groups is 2. The highest BCUT2D eigenvalue weighted by atomic mass is 79.9. The average molecular weight is 443 g/mol. The Balaban J connectivity index is 2.49. The summed E-state index contributed by atoms with van der Waals surface area (Å²) in [6.07, 6.45) is 1.64. The van der Waals surface area contributed by atoms with Crippen LogP contribution in [0.2, 0.25) is 0 Å². The largest absolute Gasteiger partial charge is 0.493 e. The van der Waals surface area contributed by atoms with E-state index < -0.39 is 5.97 Å². The van der Waals surface area contributed by atoms with Gasteiger partial charge in [0.05, 0.1) is 20.8 Å². The second-order valence-electron chi connectivity index (χ2n) is 5.30. The van der Waals surface area contributed by atoms with Gasteiger partial charge in [-0.25, -0.2) is 0 Å². The maximum absolute atomic E-state index is 12.5. The van der Waals surface area contributed by atoms with E-state index in [-0.39, 0.29) is 23.3 Å². The Labute approximate surface area is 165 Å². The number of nitrogens with zero attached hydrogens (tertiary/aromatic N) is 2. The average Bonchev–Trinajstić information content (AvgIpc) is 2.81. The van der Waals surface area contributed by atoms with Gasteiger partial charge in [-0.15, -0.1) is 0 Å². The Morgan fingerprint density at radius 3 is 2.58 bits per heavy atom. The summed E-state index contributed by atoms with van der Waals surface area (Å²) in [4.78, 5) is 27.0. The maximum atomic E-state index is 12.5. The van der Waals surface area contributed by atoms with Gasteiger partial charge in [0.1, 0.15) is 12.2 Å². The number of hydrogen-bond acceptors (Lipinski definition) is 6. The van der Waals surface area contributed by atoms with E-state index in [1.165, 1.54) is 24.0 Å². The second-order valence-corrected chi connectivity index (χ2v) is 6.52. The predicted octanol–water partition coefficient (Wildman–Crippen LogP) is 2.43. The number of ether oxygens (including phenoxy) is 3. The first-order valence-corrected chi connectivity index (χ1v) is 8.92. The van der Waals surface area contributed by atoms with E-state index in [2.05, 4.69) is 20.7 Å². The molecule has 1 fully saturated rings. The summed E-state index contributed by atoms with van der Waals surface area (Å²) < 4.78 is 16.3. The topological polar surface area (TPSA) is 68.3 Å². The highest BCUT2D eigenvalue weighted by molar-refractivity contribution is 9.10. The minimum atomic E-state index is -0.496. The minimum Gasteiger partial charge on any atom is -0.493 e. The van der Waals surface area contributed by atoms with Crippen molar-refractivity contribution in [2.45, 2.75) is 6.92 Å². The van der Waals surface area contributed by atoms with Crippen LogP contribution in [0.15, 0.2) is 22.3 Å². The first-order chi connectivity index (χ1) is 12.3. The number of halogens is 1. The van der Waals surface area contributed by atoms with Gasteiger partial charge in [0.25, 0.3) is 5.91 Å². The number of methoxy groups -OCH3 is 2. The molecule has 9 heteroatoms. The highest BCUT2D eigenvalue weighted by Gasteiger charge is 2.36. The first-order valence-electron chi connectivity index (χ1n) is 7.72. The minimum absolute atomic E-state index is 0.150. The Morgan fingerprint density at radius 1 is 1.31 bits per heavy atom. The van der Waals surface area contributed by atoms with Crippen LogP contribution in [0.25, 0.3) is 6.08 Å². The smallest absolute Gasteiger partial charge is 0.325 e. The van der Waals surface area contributed by atoms with Crippen LogP contribution in [0.3, 0.4) is 0 Å². The van der Waals surface area contributed by atoms with Crippen LogP contribution in [0.1, 0.15) is 12.5 Å². The Morgan fingerprint density at radius 2 is 2.00 bits per heavy atom. The van der Waals surface area contributed by atoms with E-state index in [0.717, 1.165) is 0 Å². The fourth-order valence-electron chi connectivity index (χ4n) is 2.38. The number of benzene rings is 1. The van der Waals surface area contributed by atoms with Gasteiger partial charge in [-0.05, 0) is 42.9 Å². The van der Waals surface area contributed by atoms with Crippen molar-refractivity contribution in [3.8, 4) is 11.5 Å². The van der Waals surface area contributed by atoms with Crippen molar-refractivity contribution in [1.29, 1.82) is 0 Å². The molecule has 0 saturated carbocycles. The zero-order valence-electron chi connectivity index (χ0n) is 14.9. The van der Waals surface area contributed by atoms with E-state index in [9.17, 15) is 9.59 Å². The number of thiocarbonyl (C=S) groups is 1. The van der Waals surface area contributed by atoms with Crippen molar-refractivity contribution in [1.82, 2.24) is 9.80 Å². The zero-order valence-corrected chi connectivity index (χ0v) is 17.3. The van der Waals surface area contributed by atoms with Gasteiger partial charge >= 0.3 is 5.97 Å². The molecule has 0 N–H and O–H groups in total. The molecule has 26 heavy (non-hydrogen) atoms. The number of amides is 1. The third-order valence-corrected chi connectivity index (χ3v) is 4.90.